The predicted molar refractivity (Wildman–Crippen MR) is 87.6 cm³/mol. The second kappa shape index (κ2) is 7.88. The molecule has 2 aliphatic heterocycles. The molecule has 0 amide bonds. The first-order valence-electron chi connectivity index (χ1n) is 8.53. The van der Waals surface area contributed by atoms with Gasteiger partial charge in [-0.3, -0.25) is 9.80 Å². The van der Waals surface area contributed by atoms with E-state index in [4.69, 9.17) is 10.5 Å². The van der Waals surface area contributed by atoms with E-state index in [1.165, 1.54) is 19.6 Å². The van der Waals surface area contributed by atoms with Gasteiger partial charge in [0.2, 0.25) is 0 Å². The third kappa shape index (κ3) is 4.39. The highest BCUT2D eigenvalue weighted by atomic mass is 16.5. The second-order valence-corrected chi connectivity index (χ2v) is 6.92. The number of hydrogen-bond acceptors (Lipinski definition) is 5. The minimum atomic E-state index is 0.187. The molecule has 2 unspecified atom stereocenters. The van der Waals surface area contributed by atoms with Gasteiger partial charge in [0, 0.05) is 58.0 Å². The number of hydrogen-bond donors (Lipinski definition) is 1. The van der Waals surface area contributed by atoms with Gasteiger partial charge in [0.15, 0.2) is 0 Å². The summed E-state index contributed by atoms with van der Waals surface area (Å²) in [5, 5.41) is 0. The third-order valence-corrected chi connectivity index (χ3v) is 5.27. The Morgan fingerprint density at radius 1 is 1.24 bits per heavy atom. The van der Waals surface area contributed by atoms with Crippen molar-refractivity contribution in [3.8, 4) is 0 Å². The van der Waals surface area contributed by atoms with Crippen molar-refractivity contribution in [3.63, 3.8) is 0 Å². The van der Waals surface area contributed by atoms with Crippen LogP contribution in [-0.2, 0) is 4.74 Å². The van der Waals surface area contributed by atoms with Crippen molar-refractivity contribution in [2.75, 3.05) is 66.5 Å². The minimum absolute atomic E-state index is 0.187. The molecule has 2 atom stereocenters. The zero-order chi connectivity index (χ0) is 15.3. The van der Waals surface area contributed by atoms with Gasteiger partial charge in [-0.05, 0) is 33.4 Å². The molecule has 2 N–H and O–H groups in total. The van der Waals surface area contributed by atoms with Crippen LogP contribution >= 0.6 is 0 Å². The van der Waals surface area contributed by atoms with E-state index in [0.29, 0.717) is 6.10 Å². The van der Waals surface area contributed by atoms with Gasteiger partial charge in [-0.1, -0.05) is 6.92 Å². The van der Waals surface area contributed by atoms with Crippen molar-refractivity contribution in [2.24, 2.45) is 5.73 Å². The van der Waals surface area contributed by atoms with Crippen LogP contribution in [0.25, 0.3) is 0 Å². The van der Waals surface area contributed by atoms with Crippen LogP contribution in [0.15, 0.2) is 0 Å². The fourth-order valence-electron chi connectivity index (χ4n) is 3.65. The Morgan fingerprint density at radius 3 is 2.52 bits per heavy atom. The molecular weight excluding hydrogens is 264 g/mol. The van der Waals surface area contributed by atoms with E-state index < -0.39 is 0 Å². The molecule has 21 heavy (non-hydrogen) atoms. The lowest BCUT2D eigenvalue weighted by Crippen LogP contribution is -2.63. The second-order valence-electron chi connectivity index (χ2n) is 6.92. The van der Waals surface area contributed by atoms with Crippen molar-refractivity contribution in [1.82, 2.24) is 14.7 Å². The highest BCUT2D eigenvalue weighted by Crippen LogP contribution is 2.32. The van der Waals surface area contributed by atoms with Crippen molar-refractivity contribution in [2.45, 2.75) is 37.8 Å². The summed E-state index contributed by atoms with van der Waals surface area (Å²) < 4.78 is 5.86. The van der Waals surface area contributed by atoms with E-state index in [2.05, 4.69) is 35.7 Å². The fraction of sp³-hybridized carbons (Fsp3) is 1.00. The lowest BCUT2D eigenvalue weighted by molar-refractivity contribution is -0.0826. The maximum atomic E-state index is 6.20. The average molecular weight is 298 g/mol. The number of rotatable bonds is 6. The van der Waals surface area contributed by atoms with Crippen molar-refractivity contribution in [1.29, 1.82) is 0 Å². The third-order valence-electron chi connectivity index (χ3n) is 5.27. The number of nitrogens with two attached hydrogens (primary N) is 1. The molecule has 2 rings (SSSR count). The van der Waals surface area contributed by atoms with Crippen LogP contribution in [0.4, 0.5) is 0 Å². The molecule has 0 aromatic rings. The lowest BCUT2D eigenvalue weighted by atomic mass is 9.83. The van der Waals surface area contributed by atoms with E-state index in [-0.39, 0.29) is 5.54 Å². The van der Waals surface area contributed by atoms with Crippen LogP contribution in [0.3, 0.4) is 0 Å². The Morgan fingerprint density at radius 2 is 1.95 bits per heavy atom. The molecule has 2 fully saturated rings. The van der Waals surface area contributed by atoms with E-state index in [1.807, 2.05) is 0 Å². The van der Waals surface area contributed by atoms with Gasteiger partial charge in [-0.2, -0.15) is 0 Å². The van der Waals surface area contributed by atoms with Crippen LogP contribution in [0.5, 0.6) is 0 Å². The van der Waals surface area contributed by atoms with Crippen LogP contribution in [0, 0.1) is 0 Å². The zero-order valence-corrected chi connectivity index (χ0v) is 14.2. The van der Waals surface area contributed by atoms with Gasteiger partial charge in [0.1, 0.15) is 0 Å². The van der Waals surface area contributed by atoms with E-state index in [1.54, 1.807) is 0 Å². The molecule has 2 saturated heterocycles. The van der Waals surface area contributed by atoms with Gasteiger partial charge >= 0.3 is 0 Å². The first-order valence-corrected chi connectivity index (χ1v) is 8.53. The Bertz CT molecular complexity index is 305. The fourth-order valence-corrected chi connectivity index (χ4v) is 3.65. The summed E-state index contributed by atoms with van der Waals surface area (Å²) in [6.45, 7) is 10.8. The molecule has 0 saturated carbocycles. The summed E-state index contributed by atoms with van der Waals surface area (Å²) in [5.41, 5.74) is 6.39. The van der Waals surface area contributed by atoms with E-state index in [9.17, 15) is 0 Å². The van der Waals surface area contributed by atoms with Crippen molar-refractivity contribution >= 4 is 0 Å². The molecular formula is C16H34N4O. The Kier molecular flexibility index (Phi) is 6.44. The average Bonchev–Trinajstić information content (AvgIpc) is 2.53. The Hall–Kier alpha value is -0.200. The summed E-state index contributed by atoms with van der Waals surface area (Å²) in [6.07, 6.45) is 3.70. The number of piperazine rings is 1. The van der Waals surface area contributed by atoms with Crippen molar-refractivity contribution < 1.29 is 4.74 Å². The van der Waals surface area contributed by atoms with Crippen LogP contribution in [0.2, 0.25) is 0 Å². The summed E-state index contributed by atoms with van der Waals surface area (Å²) in [5.74, 6) is 0. The summed E-state index contributed by atoms with van der Waals surface area (Å²) in [4.78, 5) is 7.50. The molecule has 2 aliphatic rings. The van der Waals surface area contributed by atoms with Crippen molar-refractivity contribution in [3.05, 3.63) is 0 Å². The summed E-state index contributed by atoms with van der Waals surface area (Å²) in [7, 11) is 4.29. The highest BCUT2D eigenvalue weighted by molar-refractivity contribution is 4.97. The standard InChI is InChI=1S/C16H34N4O/c1-4-15-13-16(14-17,5-12-21-15)20-10-8-19(9-11-20)7-6-18(2)3/h15H,4-14,17H2,1-3H3. The first-order chi connectivity index (χ1) is 10.1. The SMILES string of the molecule is CCC1CC(CN)(N2CCN(CCN(C)C)CC2)CCO1. The van der Waals surface area contributed by atoms with Crippen LogP contribution < -0.4 is 5.73 Å². The van der Waals surface area contributed by atoms with Gasteiger partial charge in [0.25, 0.3) is 0 Å². The first kappa shape index (κ1) is 17.2. The normalized spacial score (nSPS) is 32.7. The van der Waals surface area contributed by atoms with E-state index >= 15 is 0 Å². The molecule has 0 bridgehead atoms. The largest absolute Gasteiger partial charge is 0.378 e. The monoisotopic (exact) mass is 298 g/mol. The number of nitrogens with zero attached hydrogens (tertiary/aromatic N) is 3. The predicted octanol–water partition coefficient (Wildman–Crippen LogP) is 0.452. The summed E-state index contributed by atoms with van der Waals surface area (Å²) in [6, 6.07) is 0. The molecule has 0 radical (unpaired) electrons. The topological polar surface area (TPSA) is 45.0 Å². The van der Waals surface area contributed by atoms with Gasteiger partial charge in [0.05, 0.1) is 6.10 Å². The smallest absolute Gasteiger partial charge is 0.0590 e. The van der Waals surface area contributed by atoms with E-state index in [0.717, 1.165) is 52.0 Å². The molecule has 0 aromatic heterocycles. The van der Waals surface area contributed by atoms with Crippen LogP contribution in [-0.4, -0.2) is 92.9 Å². The molecule has 5 heteroatoms. The van der Waals surface area contributed by atoms with Gasteiger partial charge in [-0.15, -0.1) is 0 Å². The number of ether oxygens (including phenoxy) is 1. The maximum absolute atomic E-state index is 6.20. The van der Waals surface area contributed by atoms with Crippen LogP contribution in [0.1, 0.15) is 26.2 Å². The molecule has 0 aliphatic carbocycles. The molecule has 5 nitrogen and oxygen atoms in total. The maximum Gasteiger partial charge on any atom is 0.0590 e. The van der Waals surface area contributed by atoms with Gasteiger partial charge < -0.3 is 15.4 Å². The lowest BCUT2D eigenvalue weighted by Gasteiger charge is -2.51. The zero-order valence-electron chi connectivity index (χ0n) is 14.2. The highest BCUT2D eigenvalue weighted by Gasteiger charge is 2.41. The minimum Gasteiger partial charge on any atom is -0.378 e. The molecule has 0 spiro atoms. The number of likely N-dealkylation sites (N-methyl/N-ethyl adjacent to an activating group) is 1. The quantitative estimate of drug-likeness (QED) is 0.771. The molecule has 2 heterocycles. The Balaban J connectivity index is 1.87. The molecule has 124 valence electrons. The Labute approximate surface area is 130 Å². The molecule has 0 aromatic carbocycles. The van der Waals surface area contributed by atoms with Gasteiger partial charge in [-0.25, -0.2) is 0 Å². The summed E-state index contributed by atoms with van der Waals surface area (Å²) >= 11 is 0.